The Hall–Kier alpha value is -2.24. The summed E-state index contributed by atoms with van der Waals surface area (Å²) < 4.78 is 5.77. The van der Waals surface area contributed by atoms with Crippen LogP contribution in [0.5, 0.6) is 0 Å². The topological polar surface area (TPSA) is 54.5 Å². The molecule has 1 atom stereocenters. The van der Waals surface area contributed by atoms with Gasteiger partial charge in [-0.05, 0) is 18.1 Å². The number of hydrogen-bond acceptors (Lipinski definition) is 4. The minimum Gasteiger partial charge on any atom is -0.374 e. The first kappa shape index (κ1) is 18.5. The van der Waals surface area contributed by atoms with Crippen LogP contribution in [0.1, 0.15) is 19.4 Å². The van der Waals surface area contributed by atoms with E-state index in [2.05, 4.69) is 29.0 Å². The van der Waals surface area contributed by atoms with Gasteiger partial charge in [0.25, 0.3) is 0 Å². The second-order valence-corrected chi connectivity index (χ2v) is 7.15. The second kappa shape index (κ2) is 8.92. The Kier molecular flexibility index (Phi) is 6.36. The van der Waals surface area contributed by atoms with Gasteiger partial charge in [0.1, 0.15) is 0 Å². The molecule has 5 nitrogen and oxygen atoms in total. The van der Waals surface area contributed by atoms with Gasteiger partial charge in [0.2, 0.25) is 5.91 Å². The van der Waals surface area contributed by atoms with Crippen LogP contribution in [0.15, 0.2) is 42.6 Å². The molecule has 3 rings (SSSR count). The highest BCUT2D eigenvalue weighted by Gasteiger charge is 2.21. The van der Waals surface area contributed by atoms with E-state index in [9.17, 15) is 4.79 Å². The first-order chi connectivity index (χ1) is 12.6. The molecule has 0 saturated carbocycles. The Morgan fingerprint density at radius 3 is 3.08 bits per heavy atom. The van der Waals surface area contributed by atoms with Crippen LogP contribution < -0.4 is 5.32 Å². The van der Waals surface area contributed by atoms with E-state index in [1.54, 1.807) is 12.3 Å². The average molecular weight is 353 g/mol. The van der Waals surface area contributed by atoms with Gasteiger partial charge in [-0.25, -0.2) is 0 Å². The minimum atomic E-state index is -0.109. The van der Waals surface area contributed by atoms with Crippen molar-refractivity contribution < 1.29 is 9.53 Å². The fourth-order valence-corrected chi connectivity index (χ4v) is 3.29. The largest absolute Gasteiger partial charge is 0.374 e. The zero-order valence-electron chi connectivity index (χ0n) is 15.5. The van der Waals surface area contributed by atoms with Crippen molar-refractivity contribution in [3.63, 3.8) is 0 Å². The van der Waals surface area contributed by atoms with E-state index in [1.807, 2.05) is 36.4 Å². The van der Waals surface area contributed by atoms with Crippen molar-refractivity contribution in [3.05, 3.63) is 48.2 Å². The zero-order chi connectivity index (χ0) is 18.4. The lowest BCUT2D eigenvalue weighted by atomic mass is 10.1. The first-order valence-electron chi connectivity index (χ1n) is 9.25. The molecule has 2 aromatic rings. The summed E-state index contributed by atoms with van der Waals surface area (Å²) >= 11 is 0. The van der Waals surface area contributed by atoms with Gasteiger partial charge < -0.3 is 10.1 Å². The molecule has 138 valence electrons. The number of benzene rings is 1. The maximum absolute atomic E-state index is 12.2. The van der Waals surface area contributed by atoms with Crippen LogP contribution in [-0.4, -0.2) is 54.7 Å². The fourth-order valence-electron chi connectivity index (χ4n) is 3.29. The van der Waals surface area contributed by atoms with Crippen LogP contribution in [0, 0.1) is 5.92 Å². The lowest BCUT2D eigenvalue weighted by Gasteiger charge is -2.33. The Labute approximate surface area is 155 Å². The smallest absolute Gasteiger partial charge is 0.244 e. The molecule has 0 bridgehead atoms. The van der Waals surface area contributed by atoms with Crippen LogP contribution in [-0.2, 0) is 9.53 Å². The van der Waals surface area contributed by atoms with E-state index in [0.717, 1.165) is 42.7 Å². The maximum atomic E-state index is 12.2. The molecule has 1 saturated heterocycles. The first-order valence-corrected chi connectivity index (χ1v) is 9.25. The van der Waals surface area contributed by atoms with Gasteiger partial charge in [-0.3, -0.25) is 14.7 Å². The molecule has 1 unspecified atom stereocenters. The predicted octanol–water partition coefficient (Wildman–Crippen LogP) is 2.72. The van der Waals surface area contributed by atoms with Crippen LogP contribution in [0.3, 0.4) is 0 Å². The highest BCUT2D eigenvalue weighted by Crippen LogP contribution is 2.17. The lowest BCUT2D eigenvalue weighted by molar-refractivity contribution is -0.117. The molecule has 0 aliphatic carbocycles. The van der Waals surface area contributed by atoms with E-state index in [4.69, 9.17) is 4.74 Å². The van der Waals surface area contributed by atoms with E-state index in [1.165, 1.54) is 0 Å². The normalized spacial score (nSPS) is 18.7. The number of fused-ring (bicyclic) bond motifs is 1. The number of rotatable bonds is 6. The third-order valence-corrected chi connectivity index (χ3v) is 4.43. The zero-order valence-corrected chi connectivity index (χ0v) is 15.5. The molecular weight excluding hydrogens is 326 g/mol. The van der Waals surface area contributed by atoms with Gasteiger partial charge in [0.15, 0.2) is 0 Å². The molecule has 1 amide bonds. The molecule has 1 fully saturated rings. The molecule has 1 aromatic carbocycles. The van der Waals surface area contributed by atoms with Crippen molar-refractivity contribution in [2.75, 3.05) is 32.8 Å². The molecular formula is C21H27N3O2. The van der Waals surface area contributed by atoms with Crippen molar-refractivity contribution in [1.29, 1.82) is 0 Å². The molecule has 1 aliphatic heterocycles. The number of nitrogens with zero attached hydrogens (tertiary/aromatic N) is 2. The number of amides is 1. The Balaban J connectivity index is 1.53. The molecule has 1 aromatic heterocycles. The quantitative estimate of drug-likeness (QED) is 0.812. The number of ether oxygens (including phenoxy) is 1. The number of hydrogen-bond donors (Lipinski definition) is 1. The molecule has 5 heteroatoms. The minimum absolute atomic E-state index is 0.0547. The highest BCUT2D eigenvalue weighted by atomic mass is 16.5. The Morgan fingerprint density at radius 2 is 2.23 bits per heavy atom. The number of carbonyl (C=O) groups is 1. The summed E-state index contributed by atoms with van der Waals surface area (Å²) in [6.07, 6.45) is 5.21. The number of morpholine rings is 1. The standard InChI is InChI=1S/C21H27N3O2/c1-16(2)14-24-11-12-26-19(15-24)13-23-20(25)9-8-18-6-3-5-17-7-4-10-22-21(17)18/h3-10,16,19H,11-15H2,1-2H3,(H,23,25)/b9-8+. The number of aromatic nitrogens is 1. The third kappa shape index (κ3) is 5.13. The second-order valence-electron chi connectivity index (χ2n) is 7.15. The molecule has 26 heavy (non-hydrogen) atoms. The van der Waals surface area contributed by atoms with Gasteiger partial charge in [-0.15, -0.1) is 0 Å². The third-order valence-electron chi connectivity index (χ3n) is 4.43. The summed E-state index contributed by atoms with van der Waals surface area (Å²) in [5.41, 5.74) is 1.84. The van der Waals surface area contributed by atoms with Crippen LogP contribution in [0.25, 0.3) is 17.0 Å². The Bertz CT molecular complexity index is 767. The molecule has 1 N–H and O–H groups in total. The van der Waals surface area contributed by atoms with Crippen molar-refractivity contribution in [3.8, 4) is 0 Å². The number of nitrogens with one attached hydrogen (secondary N) is 1. The van der Waals surface area contributed by atoms with Gasteiger partial charge in [0.05, 0.1) is 18.2 Å². The van der Waals surface area contributed by atoms with E-state index >= 15 is 0 Å². The van der Waals surface area contributed by atoms with Gasteiger partial charge in [-0.2, -0.15) is 0 Å². The summed E-state index contributed by atoms with van der Waals surface area (Å²) in [5, 5.41) is 4.01. The van der Waals surface area contributed by atoms with Crippen molar-refractivity contribution in [2.45, 2.75) is 20.0 Å². The number of para-hydroxylation sites is 1. The molecule has 0 radical (unpaired) electrons. The molecule has 2 heterocycles. The fraction of sp³-hybridized carbons (Fsp3) is 0.429. The van der Waals surface area contributed by atoms with Gasteiger partial charge in [0, 0.05) is 49.4 Å². The maximum Gasteiger partial charge on any atom is 0.244 e. The van der Waals surface area contributed by atoms with E-state index < -0.39 is 0 Å². The number of pyridine rings is 1. The van der Waals surface area contributed by atoms with Crippen molar-refractivity contribution in [1.82, 2.24) is 15.2 Å². The SMILES string of the molecule is CC(C)CN1CCOC(CNC(=O)/C=C/c2cccc3cccnc23)C1. The van der Waals surface area contributed by atoms with Gasteiger partial charge in [-0.1, -0.05) is 38.1 Å². The summed E-state index contributed by atoms with van der Waals surface area (Å²) in [4.78, 5) is 19.0. The molecule has 1 aliphatic rings. The van der Waals surface area contributed by atoms with Crippen LogP contribution >= 0.6 is 0 Å². The highest BCUT2D eigenvalue weighted by molar-refractivity contribution is 5.95. The summed E-state index contributed by atoms with van der Waals surface area (Å²) in [6, 6.07) is 9.88. The van der Waals surface area contributed by atoms with Crippen LogP contribution in [0.2, 0.25) is 0 Å². The predicted molar refractivity (Wildman–Crippen MR) is 105 cm³/mol. The lowest BCUT2D eigenvalue weighted by Crippen LogP contribution is -2.48. The van der Waals surface area contributed by atoms with Crippen LogP contribution in [0.4, 0.5) is 0 Å². The van der Waals surface area contributed by atoms with Crippen molar-refractivity contribution >= 4 is 22.9 Å². The molecule has 0 spiro atoms. The van der Waals surface area contributed by atoms with Crippen molar-refractivity contribution in [2.24, 2.45) is 5.92 Å². The summed E-state index contributed by atoms with van der Waals surface area (Å²) in [6.45, 7) is 8.61. The monoisotopic (exact) mass is 353 g/mol. The van der Waals surface area contributed by atoms with E-state index in [-0.39, 0.29) is 12.0 Å². The summed E-state index contributed by atoms with van der Waals surface area (Å²) in [5.74, 6) is 0.531. The average Bonchev–Trinajstić information content (AvgIpc) is 2.64. The summed E-state index contributed by atoms with van der Waals surface area (Å²) in [7, 11) is 0. The van der Waals surface area contributed by atoms with Gasteiger partial charge >= 0.3 is 0 Å². The number of carbonyl (C=O) groups excluding carboxylic acids is 1. The van der Waals surface area contributed by atoms with E-state index in [0.29, 0.717) is 12.5 Å². The Morgan fingerprint density at radius 1 is 1.38 bits per heavy atom.